The third-order valence-electron chi connectivity index (χ3n) is 6.47. The molecule has 0 aliphatic carbocycles. The summed E-state index contributed by atoms with van der Waals surface area (Å²) in [5, 5.41) is 2.57. The predicted octanol–water partition coefficient (Wildman–Crippen LogP) is 1.53. The van der Waals surface area contributed by atoms with Crippen LogP contribution in [0.15, 0.2) is 46.2 Å². The number of amides is 2. The number of hydrogen-bond acceptors (Lipinski definition) is 6. The molecule has 11 heteroatoms. The van der Waals surface area contributed by atoms with Crippen molar-refractivity contribution in [2.75, 3.05) is 44.7 Å². The highest BCUT2D eigenvalue weighted by molar-refractivity contribution is 7.89. The van der Waals surface area contributed by atoms with Crippen LogP contribution in [0.5, 0.6) is 0 Å². The molecule has 0 bridgehead atoms. The summed E-state index contributed by atoms with van der Waals surface area (Å²) >= 11 is 0. The molecule has 0 spiro atoms. The number of carbonyl (C=O) groups excluding carboxylic acids is 2. The molecule has 2 fully saturated rings. The highest BCUT2D eigenvalue weighted by Crippen LogP contribution is 2.20. The standard InChI is InChI=1S/C24H30N4O6S/c1-17-7-9-27(10-8-17)23(30)19-15-21(24(31)26(2)16-19)25-22(29)18-3-5-20(6-4-18)35(32,33)28-11-13-34-14-12-28/h3-6,15-17H,7-14H2,1-2H3,(H,25,29). The van der Waals surface area contributed by atoms with Gasteiger partial charge in [-0.2, -0.15) is 4.31 Å². The number of likely N-dealkylation sites (tertiary alicyclic amines) is 1. The SMILES string of the molecule is CC1CCN(C(=O)c2cc(NC(=O)c3ccc(S(=O)(=O)N4CCOCC4)cc3)c(=O)n(C)c2)CC1. The number of sulfonamides is 1. The average Bonchev–Trinajstić information content (AvgIpc) is 2.87. The molecule has 2 aliphatic heterocycles. The molecule has 3 heterocycles. The number of nitrogens with one attached hydrogen (secondary N) is 1. The Balaban J connectivity index is 1.50. The van der Waals surface area contributed by atoms with Crippen LogP contribution >= 0.6 is 0 Å². The Morgan fingerprint density at radius 2 is 1.63 bits per heavy atom. The van der Waals surface area contributed by atoms with E-state index in [0.29, 0.717) is 37.8 Å². The maximum absolute atomic E-state index is 13.0. The lowest BCUT2D eigenvalue weighted by atomic mass is 9.99. The van der Waals surface area contributed by atoms with Gasteiger partial charge in [0.05, 0.1) is 23.7 Å². The first kappa shape index (κ1) is 25.1. The Morgan fingerprint density at radius 1 is 1.00 bits per heavy atom. The molecule has 2 aliphatic rings. The first-order valence-corrected chi connectivity index (χ1v) is 13.1. The van der Waals surface area contributed by atoms with Gasteiger partial charge < -0.3 is 19.5 Å². The maximum Gasteiger partial charge on any atom is 0.274 e. The van der Waals surface area contributed by atoms with E-state index in [4.69, 9.17) is 4.74 Å². The molecular formula is C24H30N4O6S. The van der Waals surface area contributed by atoms with Crippen LogP contribution in [-0.2, 0) is 21.8 Å². The quantitative estimate of drug-likeness (QED) is 0.663. The zero-order valence-electron chi connectivity index (χ0n) is 19.9. The van der Waals surface area contributed by atoms with Gasteiger partial charge in [-0.15, -0.1) is 0 Å². The molecule has 35 heavy (non-hydrogen) atoms. The summed E-state index contributed by atoms with van der Waals surface area (Å²) in [7, 11) is -2.15. The van der Waals surface area contributed by atoms with Gasteiger partial charge in [-0.1, -0.05) is 6.92 Å². The third-order valence-corrected chi connectivity index (χ3v) is 8.39. The van der Waals surface area contributed by atoms with Crippen LogP contribution in [0.3, 0.4) is 0 Å². The Bertz CT molecular complexity index is 1260. The Labute approximate surface area is 204 Å². The minimum absolute atomic E-state index is 0.0151. The normalized spacial score (nSPS) is 17.8. The molecule has 188 valence electrons. The highest BCUT2D eigenvalue weighted by Gasteiger charge is 2.27. The van der Waals surface area contributed by atoms with Gasteiger partial charge in [0, 0.05) is 45.0 Å². The van der Waals surface area contributed by atoms with Crippen LogP contribution in [0, 0.1) is 5.92 Å². The maximum atomic E-state index is 13.0. The van der Waals surface area contributed by atoms with Gasteiger partial charge in [0.1, 0.15) is 5.69 Å². The number of nitrogens with zero attached hydrogens (tertiary/aromatic N) is 3. The average molecular weight is 503 g/mol. The predicted molar refractivity (Wildman–Crippen MR) is 130 cm³/mol. The van der Waals surface area contributed by atoms with E-state index in [2.05, 4.69) is 12.2 Å². The fourth-order valence-corrected chi connectivity index (χ4v) is 5.63. The van der Waals surface area contributed by atoms with E-state index in [1.54, 1.807) is 4.90 Å². The number of hydrogen-bond donors (Lipinski definition) is 1. The van der Waals surface area contributed by atoms with Gasteiger partial charge >= 0.3 is 0 Å². The van der Waals surface area contributed by atoms with Crippen LogP contribution < -0.4 is 10.9 Å². The number of pyridine rings is 1. The van der Waals surface area contributed by atoms with Gasteiger partial charge in [-0.05, 0) is 49.1 Å². The van der Waals surface area contributed by atoms with Crippen LogP contribution in [0.1, 0.15) is 40.5 Å². The van der Waals surface area contributed by atoms with Crippen molar-refractivity contribution in [1.29, 1.82) is 0 Å². The minimum Gasteiger partial charge on any atom is -0.379 e. The number of carbonyl (C=O) groups is 2. The second-order valence-corrected chi connectivity index (χ2v) is 11.0. The van der Waals surface area contributed by atoms with E-state index in [1.807, 2.05) is 0 Å². The summed E-state index contributed by atoms with van der Waals surface area (Å²) in [5.74, 6) is -0.182. The first-order chi connectivity index (χ1) is 16.7. The molecule has 0 radical (unpaired) electrons. The lowest BCUT2D eigenvalue weighted by molar-refractivity contribution is 0.0696. The number of ether oxygens (including phenoxy) is 1. The molecule has 2 aromatic rings. The molecule has 1 aromatic heterocycles. The van der Waals surface area contributed by atoms with Crippen molar-refractivity contribution in [1.82, 2.24) is 13.8 Å². The van der Waals surface area contributed by atoms with E-state index in [9.17, 15) is 22.8 Å². The summed E-state index contributed by atoms with van der Waals surface area (Å²) in [5.41, 5.74) is 0.0473. The molecule has 4 rings (SSSR count). The Hall–Kier alpha value is -3.02. The summed E-state index contributed by atoms with van der Waals surface area (Å²) in [4.78, 5) is 40.3. The van der Waals surface area contributed by atoms with Crippen molar-refractivity contribution >= 4 is 27.5 Å². The van der Waals surface area contributed by atoms with Crippen molar-refractivity contribution in [2.45, 2.75) is 24.7 Å². The van der Waals surface area contributed by atoms with Crippen LogP contribution in [0.4, 0.5) is 5.69 Å². The van der Waals surface area contributed by atoms with Crippen molar-refractivity contribution in [3.8, 4) is 0 Å². The molecule has 1 N–H and O–H groups in total. The summed E-state index contributed by atoms with van der Waals surface area (Å²) in [6, 6.07) is 6.94. The molecule has 10 nitrogen and oxygen atoms in total. The fourth-order valence-electron chi connectivity index (χ4n) is 4.22. The van der Waals surface area contributed by atoms with E-state index < -0.39 is 21.5 Å². The highest BCUT2D eigenvalue weighted by atomic mass is 32.2. The fraction of sp³-hybridized carbons (Fsp3) is 0.458. The number of morpholine rings is 1. The van der Waals surface area contributed by atoms with E-state index in [0.717, 1.165) is 12.8 Å². The van der Waals surface area contributed by atoms with E-state index in [1.165, 1.54) is 52.4 Å². The topological polar surface area (TPSA) is 118 Å². The number of piperidine rings is 1. The molecule has 0 unspecified atom stereocenters. The molecule has 0 saturated carbocycles. The van der Waals surface area contributed by atoms with Crippen molar-refractivity contribution in [3.63, 3.8) is 0 Å². The number of anilines is 1. The number of rotatable bonds is 5. The van der Waals surface area contributed by atoms with Gasteiger partial charge in [-0.3, -0.25) is 14.4 Å². The van der Waals surface area contributed by atoms with Crippen molar-refractivity contribution < 1.29 is 22.7 Å². The van der Waals surface area contributed by atoms with Gasteiger partial charge in [0.15, 0.2) is 0 Å². The number of benzene rings is 1. The minimum atomic E-state index is -3.68. The molecular weight excluding hydrogens is 472 g/mol. The number of aryl methyl sites for hydroxylation is 1. The number of aromatic nitrogens is 1. The van der Waals surface area contributed by atoms with Crippen molar-refractivity contribution in [3.05, 3.63) is 58.0 Å². The zero-order chi connectivity index (χ0) is 25.2. The van der Waals surface area contributed by atoms with Gasteiger partial charge in [0.2, 0.25) is 10.0 Å². The monoisotopic (exact) mass is 502 g/mol. The summed E-state index contributed by atoms with van der Waals surface area (Å²) in [6.07, 6.45) is 3.33. The molecule has 2 amide bonds. The molecule has 1 aromatic carbocycles. The summed E-state index contributed by atoms with van der Waals surface area (Å²) < 4.78 is 33.4. The summed E-state index contributed by atoms with van der Waals surface area (Å²) in [6.45, 7) is 4.71. The lowest BCUT2D eigenvalue weighted by Gasteiger charge is -2.30. The van der Waals surface area contributed by atoms with Gasteiger partial charge in [-0.25, -0.2) is 8.42 Å². The zero-order valence-corrected chi connectivity index (χ0v) is 20.7. The van der Waals surface area contributed by atoms with Crippen LogP contribution in [0.2, 0.25) is 0 Å². The Morgan fingerprint density at radius 3 is 2.26 bits per heavy atom. The lowest BCUT2D eigenvalue weighted by Crippen LogP contribution is -2.40. The largest absolute Gasteiger partial charge is 0.379 e. The third kappa shape index (κ3) is 5.47. The second-order valence-electron chi connectivity index (χ2n) is 9.03. The second kappa shape index (κ2) is 10.3. The smallest absolute Gasteiger partial charge is 0.274 e. The Kier molecular flexibility index (Phi) is 7.39. The van der Waals surface area contributed by atoms with Crippen LogP contribution in [-0.4, -0.2) is 73.4 Å². The first-order valence-electron chi connectivity index (χ1n) is 11.7. The van der Waals surface area contributed by atoms with Crippen LogP contribution in [0.25, 0.3) is 0 Å². The molecule has 0 atom stereocenters. The molecule has 2 saturated heterocycles. The van der Waals surface area contributed by atoms with E-state index in [-0.39, 0.29) is 35.1 Å². The van der Waals surface area contributed by atoms with Crippen molar-refractivity contribution in [2.24, 2.45) is 13.0 Å². The van der Waals surface area contributed by atoms with Gasteiger partial charge in [0.25, 0.3) is 17.4 Å². The van der Waals surface area contributed by atoms with E-state index >= 15 is 0 Å².